The lowest BCUT2D eigenvalue weighted by Gasteiger charge is -2.46. The number of nitrogens with one attached hydrogen (secondary N) is 2. The summed E-state index contributed by atoms with van der Waals surface area (Å²) in [6, 6.07) is -0.662. The third kappa shape index (κ3) is 4.97. The number of alkyl halides is 3. The summed E-state index contributed by atoms with van der Waals surface area (Å²) in [4.78, 5) is 27.0. The van der Waals surface area contributed by atoms with E-state index in [9.17, 15) is 22.4 Å². The standard InChI is InChI=1S/C23H32F4N8O/c1-6-17-28-9-16(24)20(29-17)30-19-15-12-35(22(4,5)18(15)31-32-19)21(36)34-11-13(2)33(10-14(34)3)8-7-23(25,26)27/h9,13-14H,6-8,10-12H2,1-5H3,(H2,28,29,30,31,32)/t13-,14+/m1/s1. The minimum atomic E-state index is -4.21. The predicted octanol–water partition coefficient (Wildman–Crippen LogP) is 4.16. The Balaban J connectivity index is 1.50. The fourth-order valence-electron chi connectivity index (χ4n) is 4.90. The number of carbonyl (C=O) groups excluding carboxylic acids is 1. The number of aryl methyl sites for hydroxylation is 1. The number of anilines is 2. The Morgan fingerprint density at radius 3 is 2.61 bits per heavy atom. The van der Waals surface area contributed by atoms with Crippen molar-refractivity contribution in [1.82, 2.24) is 34.9 Å². The zero-order valence-corrected chi connectivity index (χ0v) is 21.1. The van der Waals surface area contributed by atoms with E-state index in [2.05, 4.69) is 25.5 Å². The van der Waals surface area contributed by atoms with E-state index in [4.69, 9.17) is 0 Å². The van der Waals surface area contributed by atoms with E-state index in [0.29, 0.717) is 31.2 Å². The second-order valence-electron chi connectivity index (χ2n) is 10.0. The molecule has 0 aliphatic carbocycles. The molecule has 1 saturated heterocycles. The third-order valence-electron chi connectivity index (χ3n) is 7.09. The quantitative estimate of drug-likeness (QED) is 0.585. The van der Waals surface area contributed by atoms with Crippen LogP contribution in [0.1, 0.15) is 58.1 Å². The van der Waals surface area contributed by atoms with Crippen LogP contribution in [-0.4, -0.2) is 78.8 Å². The molecule has 0 bridgehead atoms. The molecule has 2 aliphatic heterocycles. The average Bonchev–Trinajstić information content (AvgIpc) is 3.32. The molecular formula is C23H32F4N8O. The summed E-state index contributed by atoms with van der Waals surface area (Å²) in [6.07, 6.45) is -3.43. The molecule has 2 amide bonds. The smallest absolute Gasteiger partial charge is 0.321 e. The van der Waals surface area contributed by atoms with Crippen molar-refractivity contribution in [2.45, 2.75) is 77.8 Å². The summed E-state index contributed by atoms with van der Waals surface area (Å²) in [5.41, 5.74) is 0.732. The molecule has 0 spiro atoms. The number of aromatic amines is 1. The first-order valence-electron chi connectivity index (χ1n) is 12.1. The maximum Gasteiger partial charge on any atom is 0.390 e. The molecule has 4 heterocycles. The first kappa shape index (κ1) is 26.1. The van der Waals surface area contributed by atoms with Crippen molar-refractivity contribution in [3.05, 3.63) is 29.1 Å². The summed E-state index contributed by atoms with van der Waals surface area (Å²) in [7, 11) is 0. The summed E-state index contributed by atoms with van der Waals surface area (Å²) < 4.78 is 52.5. The van der Waals surface area contributed by atoms with Crippen molar-refractivity contribution in [2.75, 3.05) is 25.0 Å². The van der Waals surface area contributed by atoms with E-state index in [0.717, 1.165) is 17.5 Å². The molecule has 2 aromatic rings. The number of amides is 2. The molecule has 0 saturated carbocycles. The molecule has 198 valence electrons. The molecule has 2 aliphatic rings. The second kappa shape index (κ2) is 9.49. The highest BCUT2D eigenvalue weighted by Crippen LogP contribution is 2.42. The fraction of sp³-hybridized carbons (Fsp3) is 0.652. The van der Waals surface area contributed by atoms with Crippen LogP contribution in [0, 0.1) is 5.82 Å². The molecule has 4 rings (SSSR count). The summed E-state index contributed by atoms with van der Waals surface area (Å²) >= 11 is 0. The monoisotopic (exact) mass is 512 g/mol. The Kier molecular flexibility index (Phi) is 6.88. The van der Waals surface area contributed by atoms with Gasteiger partial charge in [-0.1, -0.05) is 6.92 Å². The van der Waals surface area contributed by atoms with Gasteiger partial charge in [0.15, 0.2) is 17.5 Å². The number of carbonyl (C=O) groups is 1. The summed E-state index contributed by atoms with van der Waals surface area (Å²) in [6.45, 7) is 10.2. The number of nitrogens with zero attached hydrogens (tertiary/aromatic N) is 6. The van der Waals surface area contributed by atoms with Gasteiger partial charge >= 0.3 is 12.2 Å². The van der Waals surface area contributed by atoms with Gasteiger partial charge in [0.05, 0.1) is 30.4 Å². The van der Waals surface area contributed by atoms with Gasteiger partial charge in [0.2, 0.25) is 0 Å². The van der Waals surface area contributed by atoms with Crippen LogP contribution in [0.4, 0.5) is 34.0 Å². The van der Waals surface area contributed by atoms with E-state index in [-0.39, 0.29) is 37.0 Å². The lowest BCUT2D eigenvalue weighted by atomic mass is 10.0. The highest BCUT2D eigenvalue weighted by atomic mass is 19.4. The first-order valence-corrected chi connectivity index (χ1v) is 12.1. The van der Waals surface area contributed by atoms with E-state index in [1.807, 2.05) is 34.6 Å². The molecular weight excluding hydrogens is 480 g/mol. The lowest BCUT2D eigenvalue weighted by Crippen LogP contribution is -2.61. The Labute approximate surface area is 207 Å². The number of hydrogen-bond donors (Lipinski definition) is 2. The van der Waals surface area contributed by atoms with E-state index in [1.54, 1.807) is 14.7 Å². The van der Waals surface area contributed by atoms with Crippen LogP contribution in [0.5, 0.6) is 0 Å². The molecule has 0 aromatic carbocycles. The molecule has 36 heavy (non-hydrogen) atoms. The van der Waals surface area contributed by atoms with Crippen molar-refractivity contribution in [3.63, 3.8) is 0 Å². The van der Waals surface area contributed by atoms with Crippen LogP contribution in [0.2, 0.25) is 0 Å². The minimum absolute atomic E-state index is 0.0103. The highest BCUT2D eigenvalue weighted by molar-refractivity contribution is 5.78. The number of halogens is 4. The van der Waals surface area contributed by atoms with Crippen LogP contribution in [0.25, 0.3) is 0 Å². The number of H-pyrrole nitrogens is 1. The number of urea groups is 1. The molecule has 13 heteroatoms. The highest BCUT2D eigenvalue weighted by Gasteiger charge is 2.47. The van der Waals surface area contributed by atoms with Gasteiger partial charge in [0.1, 0.15) is 5.82 Å². The maximum atomic E-state index is 14.3. The van der Waals surface area contributed by atoms with Gasteiger partial charge in [0.25, 0.3) is 0 Å². The zero-order chi connectivity index (χ0) is 26.4. The van der Waals surface area contributed by atoms with Crippen LogP contribution in [-0.2, 0) is 18.5 Å². The largest absolute Gasteiger partial charge is 0.390 e. The number of rotatable bonds is 5. The van der Waals surface area contributed by atoms with Gasteiger partial charge in [-0.05, 0) is 27.7 Å². The average molecular weight is 513 g/mol. The van der Waals surface area contributed by atoms with Gasteiger partial charge in [-0.2, -0.15) is 18.3 Å². The van der Waals surface area contributed by atoms with Crippen molar-refractivity contribution in [2.24, 2.45) is 0 Å². The topological polar surface area (TPSA) is 93.3 Å². The van der Waals surface area contributed by atoms with Crippen molar-refractivity contribution >= 4 is 17.7 Å². The number of hydrogen-bond acceptors (Lipinski definition) is 6. The van der Waals surface area contributed by atoms with Gasteiger partial charge in [-0.25, -0.2) is 19.2 Å². The number of piperazine rings is 1. The minimum Gasteiger partial charge on any atom is -0.321 e. The third-order valence-corrected chi connectivity index (χ3v) is 7.09. The van der Waals surface area contributed by atoms with Gasteiger partial charge in [-0.3, -0.25) is 10.00 Å². The molecule has 2 N–H and O–H groups in total. The lowest BCUT2D eigenvalue weighted by molar-refractivity contribution is -0.140. The second-order valence-corrected chi connectivity index (χ2v) is 10.0. The van der Waals surface area contributed by atoms with Crippen molar-refractivity contribution in [3.8, 4) is 0 Å². The van der Waals surface area contributed by atoms with Gasteiger partial charge in [-0.15, -0.1) is 0 Å². The molecule has 0 radical (unpaired) electrons. The Morgan fingerprint density at radius 2 is 1.94 bits per heavy atom. The SMILES string of the molecule is CCc1ncc(F)c(Nc2n[nH]c3c2CN(C(=O)N2C[C@@H](C)N(CCC(F)(F)F)C[C@@H]2C)C3(C)C)n1. The van der Waals surface area contributed by atoms with Crippen LogP contribution in [0.15, 0.2) is 6.20 Å². The van der Waals surface area contributed by atoms with Crippen molar-refractivity contribution < 1.29 is 22.4 Å². The molecule has 9 nitrogen and oxygen atoms in total. The molecule has 0 unspecified atom stereocenters. The van der Waals surface area contributed by atoms with Crippen LogP contribution in [0.3, 0.4) is 0 Å². The Morgan fingerprint density at radius 1 is 1.22 bits per heavy atom. The summed E-state index contributed by atoms with van der Waals surface area (Å²) in [5.74, 6) is 0.267. The number of aromatic nitrogens is 4. The van der Waals surface area contributed by atoms with Crippen molar-refractivity contribution in [1.29, 1.82) is 0 Å². The molecule has 2 atom stereocenters. The summed E-state index contributed by atoms with van der Waals surface area (Å²) in [5, 5.41) is 10.2. The normalized spacial score (nSPS) is 22.1. The Hall–Kier alpha value is -2.96. The molecule has 2 aromatic heterocycles. The maximum absolute atomic E-state index is 14.3. The Bertz CT molecular complexity index is 1120. The van der Waals surface area contributed by atoms with Crippen LogP contribution >= 0.6 is 0 Å². The van der Waals surface area contributed by atoms with Crippen LogP contribution < -0.4 is 5.32 Å². The molecule has 1 fully saturated rings. The van der Waals surface area contributed by atoms with E-state index in [1.165, 1.54) is 0 Å². The fourth-order valence-corrected chi connectivity index (χ4v) is 4.90. The number of fused-ring (bicyclic) bond motifs is 1. The van der Waals surface area contributed by atoms with E-state index >= 15 is 0 Å². The van der Waals surface area contributed by atoms with Gasteiger partial charge < -0.3 is 15.1 Å². The van der Waals surface area contributed by atoms with Gasteiger partial charge in [0, 0.05) is 43.7 Å². The first-order chi connectivity index (χ1) is 16.8. The van der Waals surface area contributed by atoms with E-state index < -0.39 is 24.0 Å². The zero-order valence-electron chi connectivity index (χ0n) is 21.1. The predicted molar refractivity (Wildman–Crippen MR) is 125 cm³/mol.